The standard InChI is InChI=1S/C13H23N3O/c1-3-4-5-6-7-10-16-11-13(14-15-16)9-8-12(2)17/h11H,3-10H2,1-2H3. The highest BCUT2D eigenvalue weighted by molar-refractivity contribution is 5.75. The Morgan fingerprint density at radius 3 is 2.76 bits per heavy atom. The lowest BCUT2D eigenvalue weighted by Crippen LogP contribution is -1.98. The van der Waals surface area contributed by atoms with E-state index >= 15 is 0 Å². The van der Waals surface area contributed by atoms with Crippen LogP contribution in [0.3, 0.4) is 0 Å². The first kappa shape index (κ1) is 13.9. The smallest absolute Gasteiger partial charge is 0.130 e. The number of carbonyl (C=O) groups excluding carboxylic acids is 1. The molecule has 0 aliphatic carbocycles. The first-order valence-corrected chi connectivity index (χ1v) is 6.61. The number of unbranched alkanes of at least 4 members (excludes halogenated alkanes) is 4. The molecule has 0 saturated heterocycles. The van der Waals surface area contributed by atoms with E-state index in [1.165, 1.54) is 25.7 Å². The molecule has 0 fully saturated rings. The van der Waals surface area contributed by atoms with Gasteiger partial charge in [-0.3, -0.25) is 4.68 Å². The van der Waals surface area contributed by atoms with E-state index in [9.17, 15) is 4.79 Å². The van der Waals surface area contributed by atoms with Crippen molar-refractivity contribution in [3.05, 3.63) is 11.9 Å². The average molecular weight is 237 g/mol. The molecule has 0 aliphatic rings. The molecule has 0 aromatic carbocycles. The number of ketones is 1. The lowest BCUT2D eigenvalue weighted by molar-refractivity contribution is -0.116. The van der Waals surface area contributed by atoms with Gasteiger partial charge in [-0.2, -0.15) is 0 Å². The van der Waals surface area contributed by atoms with Gasteiger partial charge in [-0.1, -0.05) is 37.8 Å². The number of hydrogen-bond acceptors (Lipinski definition) is 3. The van der Waals surface area contributed by atoms with E-state index in [-0.39, 0.29) is 5.78 Å². The monoisotopic (exact) mass is 237 g/mol. The van der Waals surface area contributed by atoms with Gasteiger partial charge in [0, 0.05) is 19.2 Å². The molecule has 1 aromatic rings. The summed E-state index contributed by atoms with van der Waals surface area (Å²) in [5, 5.41) is 8.13. The summed E-state index contributed by atoms with van der Waals surface area (Å²) < 4.78 is 1.89. The van der Waals surface area contributed by atoms with Gasteiger partial charge in [0.15, 0.2) is 0 Å². The SMILES string of the molecule is CCCCCCCn1cc(CCC(C)=O)nn1. The van der Waals surface area contributed by atoms with Crippen LogP contribution in [0.4, 0.5) is 0 Å². The molecule has 0 unspecified atom stereocenters. The molecule has 1 rings (SSSR count). The molecule has 0 radical (unpaired) electrons. The lowest BCUT2D eigenvalue weighted by atomic mass is 10.1. The zero-order chi connectivity index (χ0) is 12.5. The highest BCUT2D eigenvalue weighted by Crippen LogP contribution is 2.05. The number of rotatable bonds is 9. The van der Waals surface area contributed by atoms with E-state index in [0.717, 1.165) is 18.7 Å². The molecule has 1 heterocycles. The minimum atomic E-state index is 0.208. The van der Waals surface area contributed by atoms with Crippen molar-refractivity contribution in [3.63, 3.8) is 0 Å². The van der Waals surface area contributed by atoms with Crippen molar-refractivity contribution < 1.29 is 4.79 Å². The maximum atomic E-state index is 10.8. The third-order valence-corrected chi connectivity index (χ3v) is 2.81. The molecule has 4 heteroatoms. The topological polar surface area (TPSA) is 47.8 Å². The van der Waals surface area contributed by atoms with Crippen LogP contribution < -0.4 is 0 Å². The quantitative estimate of drug-likeness (QED) is 0.620. The van der Waals surface area contributed by atoms with Crippen LogP contribution >= 0.6 is 0 Å². The normalized spacial score (nSPS) is 10.7. The summed E-state index contributed by atoms with van der Waals surface area (Å²) in [6.07, 6.45) is 9.57. The third kappa shape index (κ3) is 6.19. The van der Waals surface area contributed by atoms with Crippen LogP contribution in [-0.4, -0.2) is 20.8 Å². The highest BCUT2D eigenvalue weighted by atomic mass is 16.1. The fourth-order valence-corrected chi connectivity index (χ4v) is 1.74. The van der Waals surface area contributed by atoms with Crippen molar-refractivity contribution in [1.29, 1.82) is 0 Å². The summed E-state index contributed by atoms with van der Waals surface area (Å²) in [4.78, 5) is 10.8. The Labute approximate surface area is 103 Å². The molecule has 0 aliphatic heterocycles. The van der Waals surface area contributed by atoms with Gasteiger partial charge in [-0.25, -0.2) is 0 Å². The van der Waals surface area contributed by atoms with E-state index in [2.05, 4.69) is 17.2 Å². The molecule has 4 nitrogen and oxygen atoms in total. The van der Waals surface area contributed by atoms with Crippen LogP contribution in [0.15, 0.2) is 6.20 Å². The molecule has 0 amide bonds. The van der Waals surface area contributed by atoms with E-state index in [0.29, 0.717) is 12.8 Å². The van der Waals surface area contributed by atoms with Crippen molar-refractivity contribution in [2.45, 2.75) is 65.3 Å². The molecule has 96 valence electrons. The summed E-state index contributed by atoms with van der Waals surface area (Å²) in [6.45, 7) is 4.77. The lowest BCUT2D eigenvalue weighted by Gasteiger charge is -1.99. The largest absolute Gasteiger partial charge is 0.300 e. The molecule has 0 N–H and O–H groups in total. The predicted octanol–water partition coefficient (Wildman–Crippen LogP) is 2.77. The highest BCUT2D eigenvalue weighted by Gasteiger charge is 2.02. The summed E-state index contributed by atoms with van der Waals surface area (Å²) in [5.74, 6) is 0.208. The van der Waals surface area contributed by atoms with E-state index in [1.54, 1.807) is 6.92 Å². The number of aromatic nitrogens is 3. The van der Waals surface area contributed by atoms with Crippen molar-refractivity contribution in [3.8, 4) is 0 Å². The number of nitrogens with zero attached hydrogens (tertiary/aromatic N) is 3. The van der Waals surface area contributed by atoms with Gasteiger partial charge in [0.05, 0.1) is 5.69 Å². The Morgan fingerprint density at radius 1 is 1.29 bits per heavy atom. The van der Waals surface area contributed by atoms with E-state index in [4.69, 9.17) is 0 Å². The fourth-order valence-electron chi connectivity index (χ4n) is 1.74. The predicted molar refractivity (Wildman–Crippen MR) is 67.8 cm³/mol. The molecule has 17 heavy (non-hydrogen) atoms. The first-order valence-electron chi connectivity index (χ1n) is 6.61. The second kappa shape index (κ2) is 7.98. The van der Waals surface area contributed by atoms with Gasteiger partial charge < -0.3 is 4.79 Å². The van der Waals surface area contributed by atoms with Crippen LogP contribution in [0.25, 0.3) is 0 Å². The second-order valence-corrected chi connectivity index (χ2v) is 4.59. The van der Waals surface area contributed by atoms with Gasteiger partial charge in [0.1, 0.15) is 5.78 Å². The Hall–Kier alpha value is -1.19. The molecular weight excluding hydrogens is 214 g/mol. The Balaban J connectivity index is 2.19. The van der Waals surface area contributed by atoms with Crippen LogP contribution in [0.2, 0.25) is 0 Å². The number of aryl methyl sites for hydroxylation is 2. The van der Waals surface area contributed by atoms with Gasteiger partial charge in [-0.15, -0.1) is 5.10 Å². The number of hydrogen-bond donors (Lipinski definition) is 0. The zero-order valence-corrected chi connectivity index (χ0v) is 11.0. The summed E-state index contributed by atoms with van der Waals surface area (Å²) >= 11 is 0. The maximum Gasteiger partial charge on any atom is 0.130 e. The minimum absolute atomic E-state index is 0.208. The van der Waals surface area contributed by atoms with Crippen LogP contribution in [0, 0.1) is 0 Å². The molecule has 0 spiro atoms. The fraction of sp³-hybridized carbons (Fsp3) is 0.769. The number of Topliss-reactive ketones (excluding diaryl/α,β-unsaturated/α-hetero) is 1. The zero-order valence-electron chi connectivity index (χ0n) is 11.0. The van der Waals surface area contributed by atoms with Crippen LogP contribution in [0.5, 0.6) is 0 Å². The number of carbonyl (C=O) groups is 1. The Kier molecular flexibility index (Phi) is 6.51. The van der Waals surface area contributed by atoms with Crippen molar-refractivity contribution in [2.75, 3.05) is 0 Å². The van der Waals surface area contributed by atoms with Gasteiger partial charge in [0.25, 0.3) is 0 Å². The Bertz CT molecular complexity index is 333. The van der Waals surface area contributed by atoms with Gasteiger partial charge >= 0.3 is 0 Å². The molecular formula is C13H23N3O. The van der Waals surface area contributed by atoms with E-state index in [1.807, 2.05) is 10.9 Å². The summed E-state index contributed by atoms with van der Waals surface area (Å²) in [7, 11) is 0. The van der Waals surface area contributed by atoms with Gasteiger partial charge in [-0.05, 0) is 19.8 Å². The first-order chi connectivity index (χ1) is 8.22. The molecule has 1 aromatic heterocycles. The van der Waals surface area contributed by atoms with Crippen molar-refractivity contribution in [2.24, 2.45) is 0 Å². The molecule has 0 bridgehead atoms. The summed E-state index contributed by atoms with van der Waals surface area (Å²) in [5.41, 5.74) is 0.925. The molecule has 0 saturated carbocycles. The Morgan fingerprint density at radius 2 is 2.06 bits per heavy atom. The third-order valence-electron chi connectivity index (χ3n) is 2.81. The van der Waals surface area contributed by atoms with Crippen LogP contribution in [-0.2, 0) is 17.8 Å². The van der Waals surface area contributed by atoms with Crippen molar-refractivity contribution >= 4 is 5.78 Å². The van der Waals surface area contributed by atoms with Crippen LogP contribution in [0.1, 0.15) is 58.1 Å². The van der Waals surface area contributed by atoms with Crippen molar-refractivity contribution in [1.82, 2.24) is 15.0 Å². The maximum absolute atomic E-state index is 10.8. The summed E-state index contributed by atoms with van der Waals surface area (Å²) in [6, 6.07) is 0. The van der Waals surface area contributed by atoms with Gasteiger partial charge in [0.2, 0.25) is 0 Å². The van der Waals surface area contributed by atoms with E-state index < -0.39 is 0 Å². The minimum Gasteiger partial charge on any atom is -0.300 e. The molecule has 0 atom stereocenters. The second-order valence-electron chi connectivity index (χ2n) is 4.59. The average Bonchev–Trinajstić information content (AvgIpc) is 2.74.